The summed E-state index contributed by atoms with van der Waals surface area (Å²) in [4.78, 5) is 8.62. The molecule has 5 rings (SSSR count). The van der Waals surface area contributed by atoms with E-state index in [2.05, 4.69) is 16.0 Å². The van der Waals surface area contributed by atoms with Gasteiger partial charge < -0.3 is 19.9 Å². The molecule has 1 fully saturated rings. The van der Waals surface area contributed by atoms with Crippen LogP contribution in [0, 0.1) is 12.8 Å². The summed E-state index contributed by atoms with van der Waals surface area (Å²) in [5.41, 5.74) is 5.08. The number of aliphatic hydroxyl groups excluding tert-OH is 3. The maximum atomic E-state index is 11.2. The molecule has 2 aromatic heterocycles. The van der Waals surface area contributed by atoms with Gasteiger partial charge >= 0.3 is 0 Å². The molecule has 0 aliphatic heterocycles. The fourth-order valence-electron chi connectivity index (χ4n) is 5.32. The van der Waals surface area contributed by atoms with Gasteiger partial charge in [0.15, 0.2) is 0 Å². The van der Waals surface area contributed by atoms with Crippen LogP contribution in [0.1, 0.15) is 53.8 Å². The van der Waals surface area contributed by atoms with E-state index in [-0.39, 0.29) is 6.04 Å². The monoisotopic (exact) mass is 393 g/mol. The zero-order valence-corrected chi connectivity index (χ0v) is 16.6. The van der Waals surface area contributed by atoms with Crippen molar-refractivity contribution in [2.24, 2.45) is 5.92 Å². The van der Waals surface area contributed by atoms with Gasteiger partial charge in [0.05, 0.1) is 23.9 Å². The van der Waals surface area contributed by atoms with Crippen molar-refractivity contribution < 1.29 is 15.3 Å². The molecule has 2 aliphatic rings. The van der Waals surface area contributed by atoms with Gasteiger partial charge in [-0.05, 0) is 61.8 Å². The third-order valence-electron chi connectivity index (χ3n) is 6.92. The van der Waals surface area contributed by atoms with Crippen LogP contribution in [0.3, 0.4) is 0 Å². The smallest absolute Gasteiger partial charge is 0.143 e. The molecule has 2 unspecified atom stereocenters. The SMILES string of the molecule is Cc1ncnc2c1ccn2C1CC([C@@H](O)c2cccc3c2CCCC3)[C@@H](O)[C@H]1O. The van der Waals surface area contributed by atoms with Crippen LogP contribution in [0.4, 0.5) is 0 Å². The normalized spacial score (nSPS) is 27.9. The summed E-state index contributed by atoms with van der Waals surface area (Å²) in [6.45, 7) is 1.93. The number of aryl methyl sites for hydroxylation is 2. The van der Waals surface area contributed by atoms with Crippen molar-refractivity contribution >= 4 is 11.0 Å². The molecule has 0 saturated heterocycles. The Morgan fingerprint density at radius 2 is 1.90 bits per heavy atom. The van der Waals surface area contributed by atoms with E-state index >= 15 is 0 Å². The minimum absolute atomic E-state index is 0.337. The number of aliphatic hydroxyl groups is 3. The minimum atomic E-state index is -0.991. The molecule has 3 N–H and O–H groups in total. The maximum absolute atomic E-state index is 11.2. The Bertz CT molecular complexity index is 1050. The Morgan fingerprint density at radius 1 is 1.07 bits per heavy atom. The van der Waals surface area contributed by atoms with Crippen LogP contribution in [0.5, 0.6) is 0 Å². The molecule has 1 aromatic carbocycles. The standard InChI is InChI=1S/C23H27N3O3/c1-13-15-9-10-26(23(15)25-12-24-13)19-11-18(21(28)22(19)29)20(27)17-8-4-6-14-5-2-3-7-16(14)17/h4,6,8-10,12,18-22,27-29H,2-3,5,7,11H2,1H3/t18?,19?,20-,21+,22-/m0/s1. The van der Waals surface area contributed by atoms with Gasteiger partial charge in [-0.1, -0.05) is 18.2 Å². The molecule has 0 spiro atoms. The average Bonchev–Trinajstić information content (AvgIpc) is 3.29. The topological polar surface area (TPSA) is 91.4 Å². The molecule has 2 aliphatic carbocycles. The van der Waals surface area contributed by atoms with Crippen LogP contribution in [0.2, 0.25) is 0 Å². The molecule has 6 nitrogen and oxygen atoms in total. The first-order valence-corrected chi connectivity index (χ1v) is 10.5. The van der Waals surface area contributed by atoms with Crippen LogP contribution < -0.4 is 0 Å². The Balaban J connectivity index is 1.48. The van der Waals surface area contributed by atoms with Crippen molar-refractivity contribution in [2.45, 2.75) is 63.4 Å². The van der Waals surface area contributed by atoms with E-state index in [1.54, 1.807) is 0 Å². The zero-order valence-electron chi connectivity index (χ0n) is 16.6. The van der Waals surface area contributed by atoms with Crippen molar-refractivity contribution in [3.63, 3.8) is 0 Å². The van der Waals surface area contributed by atoms with Crippen molar-refractivity contribution in [3.8, 4) is 0 Å². The highest BCUT2D eigenvalue weighted by atomic mass is 16.3. The predicted molar refractivity (Wildman–Crippen MR) is 109 cm³/mol. The molecule has 3 aromatic rings. The summed E-state index contributed by atoms with van der Waals surface area (Å²) >= 11 is 0. The van der Waals surface area contributed by atoms with E-state index in [0.29, 0.717) is 6.42 Å². The Morgan fingerprint density at radius 3 is 2.76 bits per heavy atom. The second kappa shape index (κ2) is 7.20. The van der Waals surface area contributed by atoms with Gasteiger partial charge in [-0.3, -0.25) is 0 Å². The third-order valence-corrected chi connectivity index (χ3v) is 6.92. The van der Waals surface area contributed by atoms with Crippen LogP contribution in [0.25, 0.3) is 11.0 Å². The largest absolute Gasteiger partial charge is 0.390 e. The first kappa shape index (κ1) is 18.7. The lowest BCUT2D eigenvalue weighted by Gasteiger charge is -2.27. The van der Waals surface area contributed by atoms with Gasteiger partial charge in [-0.2, -0.15) is 0 Å². The maximum Gasteiger partial charge on any atom is 0.143 e. The highest BCUT2D eigenvalue weighted by Gasteiger charge is 2.46. The number of nitrogens with zero attached hydrogens (tertiary/aromatic N) is 3. The highest BCUT2D eigenvalue weighted by molar-refractivity contribution is 5.78. The number of aromatic nitrogens is 3. The Kier molecular flexibility index (Phi) is 4.65. The average molecular weight is 393 g/mol. The van der Waals surface area contributed by atoms with Gasteiger partial charge in [0.1, 0.15) is 18.1 Å². The Hall–Kier alpha value is -2.28. The lowest BCUT2D eigenvalue weighted by Crippen LogP contribution is -2.31. The van der Waals surface area contributed by atoms with E-state index in [1.165, 1.54) is 23.9 Å². The van der Waals surface area contributed by atoms with Crippen molar-refractivity contribution in [3.05, 3.63) is 59.2 Å². The predicted octanol–water partition coefficient (Wildman–Crippen LogP) is 2.63. The van der Waals surface area contributed by atoms with E-state index < -0.39 is 24.2 Å². The van der Waals surface area contributed by atoms with Crippen molar-refractivity contribution in [2.75, 3.05) is 0 Å². The summed E-state index contributed by atoms with van der Waals surface area (Å²) in [5.74, 6) is -0.427. The summed E-state index contributed by atoms with van der Waals surface area (Å²) in [5, 5.41) is 33.8. The van der Waals surface area contributed by atoms with Crippen LogP contribution >= 0.6 is 0 Å². The molecule has 0 bridgehead atoms. The first-order chi connectivity index (χ1) is 14.1. The van der Waals surface area contributed by atoms with E-state index in [4.69, 9.17) is 0 Å². The van der Waals surface area contributed by atoms with Gasteiger partial charge in [-0.15, -0.1) is 0 Å². The summed E-state index contributed by atoms with van der Waals surface area (Å²) in [6, 6.07) is 7.72. The number of hydrogen-bond donors (Lipinski definition) is 3. The van der Waals surface area contributed by atoms with E-state index in [9.17, 15) is 15.3 Å². The molecular weight excluding hydrogens is 366 g/mol. The fourth-order valence-corrected chi connectivity index (χ4v) is 5.32. The van der Waals surface area contributed by atoms with Gasteiger partial charge in [0.25, 0.3) is 0 Å². The fraction of sp³-hybridized carbons (Fsp3) is 0.478. The molecule has 152 valence electrons. The summed E-state index contributed by atoms with van der Waals surface area (Å²) in [7, 11) is 0. The van der Waals surface area contributed by atoms with Crippen molar-refractivity contribution in [1.29, 1.82) is 0 Å². The van der Waals surface area contributed by atoms with Gasteiger partial charge in [-0.25, -0.2) is 9.97 Å². The molecule has 2 heterocycles. The highest BCUT2D eigenvalue weighted by Crippen LogP contribution is 2.44. The summed E-state index contributed by atoms with van der Waals surface area (Å²) in [6.07, 6.45) is 5.48. The van der Waals surface area contributed by atoms with Crippen LogP contribution in [-0.4, -0.2) is 42.1 Å². The number of hydrogen-bond acceptors (Lipinski definition) is 5. The van der Waals surface area contributed by atoms with Gasteiger partial charge in [0, 0.05) is 17.5 Å². The molecule has 29 heavy (non-hydrogen) atoms. The lowest BCUT2D eigenvalue weighted by atomic mass is 9.82. The molecule has 0 radical (unpaired) electrons. The Labute approximate surface area is 169 Å². The quantitative estimate of drug-likeness (QED) is 0.636. The number of rotatable bonds is 3. The number of benzene rings is 1. The molecule has 5 atom stereocenters. The lowest BCUT2D eigenvalue weighted by molar-refractivity contribution is -0.0266. The second-order valence-electron chi connectivity index (χ2n) is 8.50. The summed E-state index contributed by atoms with van der Waals surface area (Å²) < 4.78 is 1.92. The zero-order chi connectivity index (χ0) is 20.1. The van der Waals surface area contributed by atoms with E-state index in [0.717, 1.165) is 41.6 Å². The second-order valence-corrected chi connectivity index (χ2v) is 8.50. The van der Waals surface area contributed by atoms with Crippen LogP contribution in [-0.2, 0) is 12.8 Å². The number of fused-ring (bicyclic) bond motifs is 2. The molecule has 6 heteroatoms. The van der Waals surface area contributed by atoms with Crippen LogP contribution in [0.15, 0.2) is 36.8 Å². The first-order valence-electron chi connectivity index (χ1n) is 10.5. The van der Waals surface area contributed by atoms with Gasteiger partial charge in [0.2, 0.25) is 0 Å². The molecule has 1 saturated carbocycles. The minimum Gasteiger partial charge on any atom is -0.390 e. The third kappa shape index (κ3) is 2.98. The molecular formula is C23H27N3O3. The molecule has 0 amide bonds. The van der Waals surface area contributed by atoms with E-state index in [1.807, 2.05) is 35.9 Å². The van der Waals surface area contributed by atoms with Crippen molar-refractivity contribution in [1.82, 2.24) is 14.5 Å².